The number of methoxy groups -OCH3 is 1. The Kier molecular flexibility index (Phi) is 4.53. The number of hydrogen-bond acceptors (Lipinski definition) is 3. The van der Waals surface area contributed by atoms with Gasteiger partial charge >= 0.3 is 12.1 Å². The molecule has 0 aliphatic carbocycles. The van der Waals surface area contributed by atoms with Gasteiger partial charge in [0.15, 0.2) is 0 Å². The van der Waals surface area contributed by atoms with Gasteiger partial charge in [0.25, 0.3) is 0 Å². The van der Waals surface area contributed by atoms with Crippen LogP contribution in [0.5, 0.6) is 5.75 Å². The number of nitrogens with zero attached hydrogens (tertiary/aromatic N) is 1. The molecule has 0 heterocycles. The van der Waals surface area contributed by atoms with Gasteiger partial charge in [-0.2, -0.15) is 0 Å². The minimum absolute atomic E-state index is 0.219. The third-order valence-electron chi connectivity index (χ3n) is 2.50. The Morgan fingerprint density at radius 2 is 2.11 bits per heavy atom. The lowest BCUT2D eigenvalue weighted by Gasteiger charge is -2.18. The van der Waals surface area contributed by atoms with Crippen molar-refractivity contribution in [3.8, 4) is 5.75 Å². The summed E-state index contributed by atoms with van der Waals surface area (Å²) in [5.41, 5.74) is 6.54. The van der Waals surface area contributed by atoms with Crippen LogP contribution in [0.25, 0.3) is 0 Å². The fraction of sp³-hybridized carbons (Fsp3) is 0.333. The van der Waals surface area contributed by atoms with Gasteiger partial charge in [-0.25, -0.2) is 14.5 Å². The van der Waals surface area contributed by atoms with Crippen molar-refractivity contribution in [1.29, 1.82) is 0 Å². The van der Waals surface area contributed by atoms with Gasteiger partial charge in [-0.3, -0.25) is 0 Å². The molecule has 0 saturated heterocycles. The minimum atomic E-state index is -0.777. The Hall–Kier alpha value is -2.24. The molecule has 18 heavy (non-hydrogen) atoms. The summed E-state index contributed by atoms with van der Waals surface area (Å²) >= 11 is 0. The number of carbonyl (C=O) groups excluding carboxylic acids is 2. The Labute approximate surface area is 106 Å². The molecule has 0 aromatic heterocycles. The molecule has 4 amide bonds. The smallest absolute Gasteiger partial charge is 0.329 e. The van der Waals surface area contributed by atoms with Gasteiger partial charge in [0, 0.05) is 12.2 Å². The van der Waals surface area contributed by atoms with E-state index in [2.05, 4.69) is 5.32 Å². The number of aryl methyl sites for hydroxylation is 1. The van der Waals surface area contributed by atoms with Crippen LogP contribution in [-0.4, -0.2) is 30.6 Å². The SMILES string of the molecule is CCN(C(N)=O)C(=O)Nc1ccc(OC)cc1C. The van der Waals surface area contributed by atoms with E-state index in [1.54, 1.807) is 32.2 Å². The molecule has 0 aliphatic heterocycles. The molecule has 98 valence electrons. The Morgan fingerprint density at radius 1 is 1.44 bits per heavy atom. The van der Waals surface area contributed by atoms with E-state index in [1.807, 2.05) is 6.92 Å². The highest BCUT2D eigenvalue weighted by Crippen LogP contribution is 2.21. The number of nitrogens with one attached hydrogen (secondary N) is 1. The van der Waals surface area contributed by atoms with Crippen molar-refractivity contribution < 1.29 is 14.3 Å². The standard InChI is InChI=1S/C12H17N3O3/c1-4-15(11(13)16)12(17)14-10-6-5-9(18-3)7-8(10)2/h5-7H,4H2,1-3H3,(H2,13,16)(H,14,17). The molecule has 0 fully saturated rings. The fourth-order valence-electron chi connectivity index (χ4n) is 1.49. The second-order valence-corrected chi connectivity index (χ2v) is 3.69. The molecule has 6 heteroatoms. The van der Waals surface area contributed by atoms with Crippen LogP contribution in [0.4, 0.5) is 15.3 Å². The summed E-state index contributed by atoms with van der Waals surface area (Å²) in [5, 5.41) is 2.62. The lowest BCUT2D eigenvalue weighted by atomic mass is 10.2. The van der Waals surface area contributed by atoms with Gasteiger partial charge in [-0.15, -0.1) is 0 Å². The predicted octanol–water partition coefficient (Wildman–Crippen LogP) is 1.94. The third-order valence-corrected chi connectivity index (χ3v) is 2.50. The van der Waals surface area contributed by atoms with Crippen molar-refractivity contribution in [2.45, 2.75) is 13.8 Å². The van der Waals surface area contributed by atoms with E-state index >= 15 is 0 Å². The minimum Gasteiger partial charge on any atom is -0.497 e. The first kappa shape index (κ1) is 13.8. The lowest BCUT2D eigenvalue weighted by molar-refractivity contribution is 0.202. The van der Waals surface area contributed by atoms with Crippen molar-refractivity contribution in [1.82, 2.24) is 4.90 Å². The van der Waals surface area contributed by atoms with Gasteiger partial charge in [-0.05, 0) is 37.6 Å². The number of urea groups is 2. The molecule has 0 saturated carbocycles. The number of hydrogen-bond donors (Lipinski definition) is 2. The zero-order chi connectivity index (χ0) is 13.7. The van der Waals surface area contributed by atoms with Crippen molar-refractivity contribution in [2.24, 2.45) is 5.73 Å². The van der Waals surface area contributed by atoms with E-state index in [9.17, 15) is 9.59 Å². The first-order chi connectivity index (χ1) is 8.49. The average Bonchev–Trinajstić information content (AvgIpc) is 2.32. The molecular weight excluding hydrogens is 234 g/mol. The first-order valence-electron chi connectivity index (χ1n) is 5.52. The third kappa shape index (κ3) is 3.13. The molecule has 1 rings (SSSR count). The molecule has 1 aromatic carbocycles. The van der Waals surface area contributed by atoms with Crippen LogP contribution >= 0.6 is 0 Å². The number of carbonyl (C=O) groups is 2. The maximum atomic E-state index is 11.8. The highest BCUT2D eigenvalue weighted by molar-refractivity contribution is 6.00. The monoisotopic (exact) mass is 251 g/mol. The zero-order valence-electron chi connectivity index (χ0n) is 10.7. The maximum Gasteiger partial charge on any atom is 0.329 e. The molecule has 0 radical (unpaired) electrons. The summed E-state index contributed by atoms with van der Waals surface area (Å²) in [6, 6.07) is 3.90. The number of primary amides is 1. The summed E-state index contributed by atoms with van der Waals surface area (Å²) in [5.74, 6) is 0.702. The van der Waals surface area contributed by atoms with Gasteiger partial charge in [-0.1, -0.05) is 0 Å². The van der Waals surface area contributed by atoms with Crippen LogP contribution in [0.3, 0.4) is 0 Å². The van der Waals surface area contributed by atoms with Crippen LogP contribution in [0.1, 0.15) is 12.5 Å². The number of nitrogens with two attached hydrogens (primary N) is 1. The fourth-order valence-corrected chi connectivity index (χ4v) is 1.49. The number of ether oxygens (including phenoxy) is 1. The number of benzene rings is 1. The van der Waals surface area contributed by atoms with Crippen molar-refractivity contribution >= 4 is 17.7 Å². The molecule has 0 aliphatic rings. The van der Waals surface area contributed by atoms with Gasteiger partial charge < -0.3 is 15.8 Å². The molecule has 0 atom stereocenters. The Morgan fingerprint density at radius 3 is 2.56 bits per heavy atom. The molecule has 1 aromatic rings. The lowest BCUT2D eigenvalue weighted by Crippen LogP contribution is -2.43. The molecule has 3 N–H and O–H groups in total. The predicted molar refractivity (Wildman–Crippen MR) is 68.7 cm³/mol. The number of rotatable bonds is 3. The highest BCUT2D eigenvalue weighted by atomic mass is 16.5. The van der Waals surface area contributed by atoms with Crippen molar-refractivity contribution in [3.05, 3.63) is 23.8 Å². The molecule has 0 bridgehead atoms. The number of anilines is 1. The molecule has 6 nitrogen and oxygen atoms in total. The molecule has 0 unspecified atom stereocenters. The van der Waals surface area contributed by atoms with Crippen LogP contribution in [0.15, 0.2) is 18.2 Å². The van der Waals surface area contributed by atoms with Crippen LogP contribution in [0.2, 0.25) is 0 Å². The summed E-state index contributed by atoms with van der Waals surface area (Å²) < 4.78 is 5.06. The molecular formula is C12H17N3O3. The average molecular weight is 251 g/mol. The van der Waals surface area contributed by atoms with Gasteiger partial charge in [0.1, 0.15) is 5.75 Å². The Bertz CT molecular complexity index is 460. The van der Waals surface area contributed by atoms with Crippen molar-refractivity contribution in [3.63, 3.8) is 0 Å². The van der Waals surface area contributed by atoms with E-state index in [0.29, 0.717) is 11.4 Å². The number of imide groups is 1. The van der Waals surface area contributed by atoms with Crippen LogP contribution < -0.4 is 15.8 Å². The second-order valence-electron chi connectivity index (χ2n) is 3.69. The highest BCUT2D eigenvalue weighted by Gasteiger charge is 2.17. The zero-order valence-corrected chi connectivity index (χ0v) is 10.7. The van der Waals surface area contributed by atoms with Crippen LogP contribution in [-0.2, 0) is 0 Å². The largest absolute Gasteiger partial charge is 0.497 e. The first-order valence-corrected chi connectivity index (χ1v) is 5.52. The van der Waals surface area contributed by atoms with Crippen LogP contribution in [0, 0.1) is 6.92 Å². The summed E-state index contributed by atoms with van der Waals surface area (Å²) in [7, 11) is 1.57. The van der Waals surface area contributed by atoms with E-state index in [4.69, 9.17) is 10.5 Å². The van der Waals surface area contributed by atoms with E-state index < -0.39 is 12.1 Å². The maximum absolute atomic E-state index is 11.8. The molecule has 0 spiro atoms. The van der Waals surface area contributed by atoms with Gasteiger partial charge in [0.05, 0.1) is 7.11 Å². The summed E-state index contributed by atoms with van der Waals surface area (Å²) in [4.78, 5) is 23.7. The van der Waals surface area contributed by atoms with E-state index in [0.717, 1.165) is 10.5 Å². The second kappa shape index (κ2) is 5.90. The topological polar surface area (TPSA) is 84.7 Å². The quantitative estimate of drug-likeness (QED) is 0.860. The Balaban J connectivity index is 2.84. The normalized spacial score (nSPS) is 9.72. The van der Waals surface area contributed by atoms with E-state index in [-0.39, 0.29) is 6.54 Å². The summed E-state index contributed by atoms with van der Waals surface area (Å²) in [6.45, 7) is 3.72. The summed E-state index contributed by atoms with van der Waals surface area (Å²) in [6.07, 6.45) is 0. The van der Waals surface area contributed by atoms with Gasteiger partial charge in [0.2, 0.25) is 0 Å². The van der Waals surface area contributed by atoms with Crippen molar-refractivity contribution in [2.75, 3.05) is 19.0 Å². The van der Waals surface area contributed by atoms with E-state index in [1.165, 1.54) is 0 Å². The number of amides is 4.